The third-order valence-electron chi connectivity index (χ3n) is 5.75. The highest BCUT2D eigenvalue weighted by Gasteiger charge is 2.42. The molecule has 0 aromatic heterocycles. The molecule has 4 aliphatic rings. The van der Waals surface area contributed by atoms with Gasteiger partial charge >= 0.3 is 0 Å². The fourth-order valence-corrected chi connectivity index (χ4v) is 4.91. The summed E-state index contributed by atoms with van der Waals surface area (Å²) >= 11 is 0. The molecule has 4 saturated heterocycles. The molecule has 0 spiro atoms. The summed E-state index contributed by atoms with van der Waals surface area (Å²) in [7, 11) is 0. The van der Waals surface area contributed by atoms with Crippen LogP contribution in [0.3, 0.4) is 0 Å². The molecule has 0 amide bonds. The van der Waals surface area contributed by atoms with E-state index in [1.807, 2.05) is 0 Å². The van der Waals surface area contributed by atoms with Crippen LogP contribution in [0.25, 0.3) is 0 Å². The van der Waals surface area contributed by atoms with Crippen molar-refractivity contribution < 1.29 is 4.79 Å². The monoisotopic (exact) mass is 248 g/mol. The van der Waals surface area contributed by atoms with Gasteiger partial charge in [0.1, 0.15) is 5.78 Å². The molecule has 4 fully saturated rings. The second kappa shape index (κ2) is 4.31. The van der Waals surface area contributed by atoms with Gasteiger partial charge in [-0.05, 0) is 51.4 Å². The van der Waals surface area contributed by atoms with Crippen molar-refractivity contribution in [2.24, 2.45) is 11.8 Å². The van der Waals surface area contributed by atoms with Gasteiger partial charge in [0.05, 0.1) is 0 Å². The molecule has 18 heavy (non-hydrogen) atoms. The Hall–Kier alpha value is -0.410. The zero-order chi connectivity index (χ0) is 12.1. The number of carbonyl (C=O) groups excluding carboxylic acids is 1. The second-order valence-electron chi connectivity index (χ2n) is 7.01. The van der Waals surface area contributed by atoms with Crippen LogP contribution in [0.2, 0.25) is 0 Å². The summed E-state index contributed by atoms with van der Waals surface area (Å²) in [6.45, 7) is 0. The fraction of sp³-hybridized carbons (Fsp3) is 0.933. The SMILES string of the molecule is O=C(C1C[C@H]2CC[C@@H](C1)N2)C1C[C@H]2CC[C@@H](C1)N2. The zero-order valence-electron chi connectivity index (χ0n) is 11.0. The number of ketones is 1. The quantitative estimate of drug-likeness (QED) is 0.780. The largest absolute Gasteiger partial charge is 0.311 e. The molecule has 3 heteroatoms. The first-order valence-electron chi connectivity index (χ1n) is 7.84. The molecule has 4 aliphatic heterocycles. The normalized spacial score (nSPS) is 50.4. The summed E-state index contributed by atoms with van der Waals surface area (Å²) in [5, 5.41) is 7.29. The summed E-state index contributed by atoms with van der Waals surface area (Å²) in [5.74, 6) is 1.38. The maximum atomic E-state index is 12.7. The first kappa shape index (κ1) is 11.4. The molecule has 4 rings (SSSR count). The van der Waals surface area contributed by atoms with E-state index in [4.69, 9.17) is 0 Å². The molecule has 2 N–H and O–H groups in total. The van der Waals surface area contributed by atoms with E-state index in [1.165, 1.54) is 25.7 Å². The van der Waals surface area contributed by atoms with Crippen LogP contribution in [0.5, 0.6) is 0 Å². The molecule has 2 unspecified atom stereocenters. The van der Waals surface area contributed by atoms with Gasteiger partial charge in [0.15, 0.2) is 0 Å². The van der Waals surface area contributed by atoms with E-state index in [1.54, 1.807) is 0 Å². The van der Waals surface area contributed by atoms with Crippen LogP contribution in [0.15, 0.2) is 0 Å². The Labute approximate surface area is 109 Å². The van der Waals surface area contributed by atoms with Crippen molar-refractivity contribution in [1.82, 2.24) is 10.6 Å². The van der Waals surface area contributed by atoms with E-state index < -0.39 is 0 Å². The first-order valence-corrected chi connectivity index (χ1v) is 7.84. The summed E-state index contributed by atoms with van der Waals surface area (Å²) < 4.78 is 0. The number of nitrogens with one attached hydrogen (secondary N) is 2. The van der Waals surface area contributed by atoms with Gasteiger partial charge in [0, 0.05) is 36.0 Å². The molecule has 100 valence electrons. The van der Waals surface area contributed by atoms with E-state index in [2.05, 4.69) is 10.6 Å². The van der Waals surface area contributed by atoms with E-state index >= 15 is 0 Å². The van der Waals surface area contributed by atoms with Crippen LogP contribution in [-0.4, -0.2) is 30.0 Å². The molecule has 4 bridgehead atoms. The highest BCUT2D eigenvalue weighted by atomic mass is 16.1. The van der Waals surface area contributed by atoms with Crippen molar-refractivity contribution in [1.29, 1.82) is 0 Å². The lowest BCUT2D eigenvalue weighted by molar-refractivity contribution is -0.129. The van der Waals surface area contributed by atoms with Gasteiger partial charge in [-0.1, -0.05) is 0 Å². The molecule has 0 saturated carbocycles. The maximum Gasteiger partial charge on any atom is 0.139 e. The Kier molecular flexibility index (Phi) is 2.73. The maximum absolute atomic E-state index is 12.7. The fourth-order valence-electron chi connectivity index (χ4n) is 4.91. The lowest BCUT2D eigenvalue weighted by Crippen LogP contribution is -2.45. The van der Waals surface area contributed by atoms with Crippen molar-refractivity contribution in [3.05, 3.63) is 0 Å². The molecule has 6 atom stereocenters. The average Bonchev–Trinajstić information content (AvgIpc) is 2.90. The van der Waals surface area contributed by atoms with E-state index in [9.17, 15) is 4.79 Å². The van der Waals surface area contributed by atoms with Gasteiger partial charge in [-0.2, -0.15) is 0 Å². The van der Waals surface area contributed by atoms with Crippen LogP contribution in [-0.2, 0) is 4.79 Å². The van der Waals surface area contributed by atoms with Crippen LogP contribution in [0, 0.1) is 11.8 Å². The average molecular weight is 248 g/mol. The van der Waals surface area contributed by atoms with Gasteiger partial charge in [-0.3, -0.25) is 4.79 Å². The number of hydrogen-bond donors (Lipinski definition) is 2. The Morgan fingerprint density at radius 2 is 1.00 bits per heavy atom. The Balaban J connectivity index is 1.43. The third-order valence-corrected chi connectivity index (χ3v) is 5.75. The number of carbonyl (C=O) groups is 1. The first-order chi connectivity index (χ1) is 8.78. The summed E-state index contributed by atoms with van der Waals surface area (Å²) in [4.78, 5) is 12.7. The zero-order valence-corrected chi connectivity index (χ0v) is 11.0. The molecule has 0 aromatic carbocycles. The van der Waals surface area contributed by atoms with Crippen LogP contribution >= 0.6 is 0 Å². The van der Waals surface area contributed by atoms with Gasteiger partial charge in [-0.25, -0.2) is 0 Å². The van der Waals surface area contributed by atoms with Crippen LogP contribution in [0.4, 0.5) is 0 Å². The Morgan fingerprint density at radius 3 is 1.33 bits per heavy atom. The molecule has 0 aliphatic carbocycles. The summed E-state index contributed by atoms with van der Waals surface area (Å²) in [5.41, 5.74) is 0. The highest BCUT2D eigenvalue weighted by molar-refractivity contribution is 5.84. The van der Waals surface area contributed by atoms with Gasteiger partial charge in [-0.15, -0.1) is 0 Å². The summed E-state index contributed by atoms with van der Waals surface area (Å²) in [6.07, 6.45) is 9.67. The van der Waals surface area contributed by atoms with Gasteiger partial charge in [0.25, 0.3) is 0 Å². The van der Waals surface area contributed by atoms with E-state index in [-0.39, 0.29) is 0 Å². The number of rotatable bonds is 2. The minimum absolute atomic E-state index is 0.381. The minimum Gasteiger partial charge on any atom is -0.311 e. The Morgan fingerprint density at radius 1 is 0.667 bits per heavy atom. The van der Waals surface area contributed by atoms with E-state index in [0.717, 1.165) is 25.7 Å². The van der Waals surface area contributed by atoms with E-state index in [0.29, 0.717) is 41.8 Å². The molecule has 3 nitrogen and oxygen atoms in total. The van der Waals surface area contributed by atoms with Crippen molar-refractivity contribution >= 4 is 5.78 Å². The summed E-state index contributed by atoms with van der Waals surface area (Å²) in [6, 6.07) is 2.60. The van der Waals surface area contributed by atoms with Crippen LogP contribution in [0.1, 0.15) is 51.4 Å². The predicted molar refractivity (Wildman–Crippen MR) is 70.3 cm³/mol. The standard InChI is InChI=1S/C15H24N2O/c18-15(9-5-11-1-2-12(6-9)16-11)10-7-13-3-4-14(8-10)17-13/h9-14,16-17H,1-8H2/t9?,10?,11-,12+,13-,14+. The predicted octanol–water partition coefficient (Wildman–Crippen LogP) is 1.62. The number of piperidine rings is 2. The molecular weight excluding hydrogens is 224 g/mol. The Bertz CT molecular complexity index is 300. The lowest BCUT2D eigenvalue weighted by atomic mass is 9.78. The minimum atomic E-state index is 0.381. The molecular formula is C15H24N2O. The number of fused-ring (bicyclic) bond motifs is 4. The van der Waals surface area contributed by atoms with Gasteiger partial charge in [0.2, 0.25) is 0 Å². The molecule has 4 heterocycles. The van der Waals surface area contributed by atoms with Crippen molar-refractivity contribution in [2.75, 3.05) is 0 Å². The van der Waals surface area contributed by atoms with Crippen molar-refractivity contribution in [3.8, 4) is 0 Å². The van der Waals surface area contributed by atoms with Crippen molar-refractivity contribution in [3.63, 3.8) is 0 Å². The third kappa shape index (κ3) is 1.92. The lowest BCUT2D eigenvalue weighted by Gasteiger charge is -2.34. The highest BCUT2D eigenvalue weighted by Crippen LogP contribution is 2.37. The second-order valence-corrected chi connectivity index (χ2v) is 7.01. The molecule has 0 radical (unpaired) electrons. The van der Waals surface area contributed by atoms with Gasteiger partial charge < -0.3 is 10.6 Å². The number of hydrogen-bond acceptors (Lipinski definition) is 3. The molecule has 0 aromatic rings. The topological polar surface area (TPSA) is 41.1 Å². The van der Waals surface area contributed by atoms with Crippen LogP contribution < -0.4 is 10.6 Å². The van der Waals surface area contributed by atoms with Crippen molar-refractivity contribution in [2.45, 2.75) is 75.5 Å². The number of Topliss-reactive ketones (excluding diaryl/α,β-unsaturated/α-hetero) is 1. The smallest absolute Gasteiger partial charge is 0.139 e.